The zero-order valence-electron chi connectivity index (χ0n) is 9.78. The van der Waals surface area contributed by atoms with Crippen molar-refractivity contribution in [1.29, 1.82) is 0 Å². The van der Waals surface area contributed by atoms with Crippen LogP contribution in [-0.4, -0.2) is 24.3 Å². The molecule has 0 fully saturated rings. The first-order chi connectivity index (χ1) is 8.85. The summed E-state index contributed by atoms with van der Waals surface area (Å²) in [7, 11) is 0. The van der Waals surface area contributed by atoms with Crippen LogP contribution in [0, 0.1) is 0 Å². The number of urea groups is 1. The van der Waals surface area contributed by atoms with E-state index in [1.54, 1.807) is 12.1 Å². The normalized spacial score (nSPS) is 11.5. The predicted octanol–water partition coefficient (Wildman–Crippen LogP) is 1.99. The molecule has 0 spiro atoms. The molecule has 1 unspecified atom stereocenters. The van der Waals surface area contributed by atoms with Crippen molar-refractivity contribution in [2.75, 3.05) is 0 Å². The van der Waals surface area contributed by atoms with Crippen molar-refractivity contribution in [2.45, 2.75) is 13.0 Å². The van der Waals surface area contributed by atoms with Crippen molar-refractivity contribution in [3.8, 4) is 5.75 Å². The third-order valence-electron chi connectivity index (χ3n) is 2.07. The SMILES string of the molecule is CC(Oc1c(Br)cc(C=O)cc1Br)C(=O)NC(N)=O. The number of carbonyl (C=O) groups excluding carboxylic acids is 3. The first-order valence-electron chi connectivity index (χ1n) is 5.06. The number of hydrogen-bond donors (Lipinski definition) is 2. The third kappa shape index (κ3) is 4.32. The minimum absolute atomic E-state index is 0.345. The van der Waals surface area contributed by atoms with Crippen molar-refractivity contribution in [3.05, 3.63) is 26.6 Å². The molecule has 1 aromatic rings. The average Bonchev–Trinajstić information content (AvgIpc) is 2.32. The number of imide groups is 1. The summed E-state index contributed by atoms with van der Waals surface area (Å²) in [5, 5.41) is 1.91. The van der Waals surface area contributed by atoms with Crippen LogP contribution in [0.1, 0.15) is 17.3 Å². The molecule has 0 saturated carbocycles. The molecule has 6 nitrogen and oxygen atoms in total. The summed E-state index contributed by atoms with van der Waals surface area (Å²) in [6.45, 7) is 1.46. The van der Waals surface area contributed by atoms with Gasteiger partial charge in [0.1, 0.15) is 12.0 Å². The zero-order valence-corrected chi connectivity index (χ0v) is 12.9. The Bertz CT molecular complexity index is 510. The van der Waals surface area contributed by atoms with E-state index in [-0.39, 0.29) is 0 Å². The lowest BCUT2D eigenvalue weighted by Crippen LogP contribution is -2.42. The highest BCUT2D eigenvalue weighted by atomic mass is 79.9. The highest BCUT2D eigenvalue weighted by Gasteiger charge is 2.19. The van der Waals surface area contributed by atoms with Crippen LogP contribution in [0.4, 0.5) is 4.79 Å². The van der Waals surface area contributed by atoms with E-state index in [2.05, 4.69) is 31.9 Å². The van der Waals surface area contributed by atoms with E-state index >= 15 is 0 Å². The summed E-state index contributed by atoms with van der Waals surface area (Å²) in [5.74, 6) is -0.316. The molecule has 0 aliphatic carbocycles. The molecule has 3 amide bonds. The van der Waals surface area contributed by atoms with Crippen molar-refractivity contribution in [3.63, 3.8) is 0 Å². The Kier molecular flexibility index (Phi) is 5.49. The lowest BCUT2D eigenvalue weighted by Gasteiger charge is -2.16. The lowest BCUT2D eigenvalue weighted by atomic mass is 10.2. The van der Waals surface area contributed by atoms with Crippen LogP contribution in [0.5, 0.6) is 5.75 Å². The van der Waals surface area contributed by atoms with Gasteiger partial charge in [0.25, 0.3) is 5.91 Å². The second kappa shape index (κ2) is 6.67. The Hall–Kier alpha value is -1.41. The molecule has 1 rings (SSSR count). The fraction of sp³-hybridized carbons (Fsp3) is 0.182. The maximum atomic E-state index is 11.5. The van der Waals surface area contributed by atoms with Gasteiger partial charge in [-0.05, 0) is 50.9 Å². The van der Waals surface area contributed by atoms with Gasteiger partial charge in [0.05, 0.1) is 8.95 Å². The molecule has 3 N–H and O–H groups in total. The number of nitrogens with two attached hydrogens (primary N) is 1. The predicted molar refractivity (Wildman–Crippen MR) is 75.0 cm³/mol. The summed E-state index contributed by atoms with van der Waals surface area (Å²) >= 11 is 6.46. The highest BCUT2D eigenvalue weighted by molar-refractivity contribution is 9.11. The second-order valence-corrected chi connectivity index (χ2v) is 5.25. The average molecular weight is 394 g/mol. The van der Waals surface area contributed by atoms with Gasteiger partial charge < -0.3 is 10.5 Å². The van der Waals surface area contributed by atoms with Crippen molar-refractivity contribution < 1.29 is 19.1 Å². The Morgan fingerprint density at radius 1 is 1.37 bits per heavy atom. The van der Waals surface area contributed by atoms with Gasteiger partial charge >= 0.3 is 6.03 Å². The number of carbonyl (C=O) groups is 3. The van der Waals surface area contributed by atoms with Crippen LogP contribution in [0.25, 0.3) is 0 Å². The quantitative estimate of drug-likeness (QED) is 0.764. The van der Waals surface area contributed by atoms with Gasteiger partial charge in [-0.2, -0.15) is 0 Å². The van der Waals surface area contributed by atoms with E-state index in [9.17, 15) is 14.4 Å². The van der Waals surface area contributed by atoms with Gasteiger partial charge in [0.15, 0.2) is 6.10 Å². The number of amides is 3. The van der Waals surface area contributed by atoms with Crippen LogP contribution in [0.15, 0.2) is 21.1 Å². The number of halogens is 2. The molecule has 0 aliphatic heterocycles. The van der Waals surface area contributed by atoms with E-state index in [4.69, 9.17) is 10.5 Å². The molecule has 102 valence electrons. The topological polar surface area (TPSA) is 98.5 Å². The molecular formula is C11H10Br2N2O4. The molecule has 0 aromatic heterocycles. The highest BCUT2D eigenvalue weighted by Crippen LogP contribution is 2.35. The summed E-state index contributed by atoms with van der Waals surface area (Å²) in [4.78, 5) is 32.7. The van der Waals surface area contributed by atoms with E-state index in [0.717, 1.165) is 0 Å². The van der Waals surface area contributed by atoms with Gasteiger partial charge in [0.2, 0.25) is 0 Å². The molecule has 0 bridgehead atoms. The molecule has 19 heavy (non-hydrogen) atoms. The molecular weight excluding hydrogens is 384 g/mol. The minimum Gasteiger partial charge on any atom is -0.479 e. The van der Waals surface area contributed by atoms with Crippen LogP contribution >= 0.6 is 31.9 Å². The molecule has 0 heterocycles. The zero-order chi connectivity index (χ0) is 14.6. The van der Waals surface area contributed by atoms with Crippen molar-refractivity contribution in [2.24, 2.45) is 5.73 Å². The van der Waals surface area contributed by atoms with Gasteiger partial charge in [-0.15, -0.1) is 0 Å². The van der Waals surface area contributed by atoms with Crippen LogP contribution in [0.2, 0.25) is 0 Å². The summed E-state index contributed by atoms with van der Waals surface area (Å²) in [6.07, 6.45) is -0.245. The molecule has 0 radical (unpaired) electrons. The number of rotatable bonds is 4. The standard InChI is InChI=1S/C11H10Br2N2O4/c1-5(10(17)15-11(14)18)19-9-7(12)2-6(4-16)3-8(9)13/h2-5H,1H3,(H3,14,15,17,18). The number of benzene rings is 1. The number of primary amides is 1. The molecule has 0 saturated heterocycles. The van der Waals surface area contributed by atoms with Gasteiger partial charge in [0, 0.05) is 5.56 Å². The Labute approximate surface area is 125 Å². The van der Waals surface area contributed by atoms with Gasteiger partial charge in [-0.3, -0.25) is 14.9 Å². The van der Waals surface area contributed by atoms with Crippen LogP contribution in [-0.2, 0) is 4.79 Å². The van der Waals surface area contributed by atoms with E-state index in [1.807, 2.05) is 5.32 Å². The van der Waals surface area contributed by atoms with E-state index in [1.165, 1.54) is 6.92 Å². The second-order valence-electron chi connectivity index (χ2n) is 3.55. The van der Waals surface area contributed by atoms with Crippen molar-refractivity contribution >= 4 is 50.1 Å². The number of ether oxygens (including phenoxy) is 1. The Balaban J connectivity index is 2.90. The Morgan fingerprint density at radius 2 is 1.89 bits per heavy atom. The number of nitrogens with one attached hydrogen (secondary N) is 1. The molecule has 1 aromatic carbocycles. The minimum atomic E-state index is -0.949. The number of hydrogen-bond acceptors (Lipinski definition) is 4. The smallest absolute Gasteiger partial charge is 0.318 e. The molecule has 1 atom stereocenters. The summed E-state index contributed by atoms with van der Waals surface area (Å²) in [6, 6.07) is 2.15. The maximum Gasteiger partial charge on any atom is 0.318 e. The first kappa shape index (κ1) is 15.6. The molecule has 0 aliphatic rings. The summed E-state index contributed by atoms with van der Waals surface area (Å²) < 4.78 is 6.41. The van der Waals surface area contributed by atoms with Gasteiger partial charge in [-0.25, -0.2) is 4.79 Å². The first-order valence-corrected chi connectivity index (χ1v) is 6.65. The van der Waals surface area contributed by atoms with E-state index in [0.29, 0.717) is 26.5 Å². The van der Waals surface area contributed by atoms with Gasteiger partial charge in [-0.1, -0.05) is 0 Å². The van der Waals surface area contributed by atoms with E-state index < -0.39 is 18.0 Å². The monoisotopic (exact) mass is 392 g/mol. The maximum absolute atomic E-state index is 11.5. The largest absolute Gasteiger partial charge is 0.479 e. The third-order valence-corrected chi connectivity index (χ3v) is 3.25. The summed E-state index contributed by atoms with van der Waals surface area (Å²) in [5.41, 5.74) is 5.28. The fourth-order valence-electron chi connectivity index (χ4n) is 1.21. The van der Waals surface area contributed by atoms with Crippen LogP contribution < -0.4 is 15.8 Å². The van der Waals surface area contributed by atoms with Crippen LogP contribution in [0.3, 0.4) is 0 Å². The van der Waals surface area contributed by atoms with Crippen molar-refractivity contribution in [1.82, 2.24) is 5.32 Å². The molecule has 8 heteroatoms. The number of aldehydes is 1. The Morgan fingerprint density at radius 3 is 2.32 bits per heavy atom. The lowest BCUT2D eigenvalue weighted by molar-refractivity contribution is -0.126. The fourth-order valence-corrected chi connectivity index (χ4v) is 2.62.